The van der Waals surface area contributed by atoms with E-state index in [0.717, 1.165) is 23.5 Å². The van der Waals surface area contributed by atoms with Crippen molar-refractivity contribution in [2.45, 2.75) is 52.5 Å². The van der Waals surface area contributed by atoms with Gasteiger partial charge in [0.1, 0.15) is 16.4 Å². The molecular formula is C30H27F4N3O4S. The Morgan fingerprint density at radius 2 is 1.74 bits per heavy atom. The quantitative estimate of drug-likeness (QED) is 0.131. The van der Waals surface area contributed by atoms with Gasteiger partial charge in [-0.25, -0.2) is 19.0 Å². The molecule has 2 heterocycles. The van der Waals surface area contributed by atoms with E-state index in [4.69, 9.17) is 9.47 Å². The Morgan fingerprint density at radius 3 is 2.36 bits per heavy atom. The van der Waals surface area contributed by atoms with Gasteiger partial charge in [-0.05, 0) is 70.5 Å². The maximum absolute atomic E-state index is 13.9. The largest absolute Gasteiger partial charge is 0.457 e. The van der Waals surface area contributed by atoms with Crippen molar-refractivity contribution in [2.24, 2.45) is 0 Å². The number of nitrogens with zero attached hydrogens (tertiary/aromatic N) is 2. The molecule has 2 aromatic heterocycles. The zero-order valence-electron chi connectivity index (χ0n) is 23.3. The fraction of sp³-hybridized carbons (Fsp3) is 0.267. The average Bonchev–Trinajstić information content (AvgIpc) is 3.50. The predicted molar refractivity (Wildman–Crippen MR) is 150 cm³/mol. The van der Waals surface area contributed by atoms with Gasteiger partial charge in [0.2, 0.25) is 0 Å². The molecule has 7 nitrogen and oxygen atoms in total. The molecule has 1 unspecified atom stereocenters. The van der Waals surface area contributed by atoms with Crippen molar-refractivity contribution >= 4 is 29.4 Å². The number of ether oxygens (including phenoxy) is 2. The Morgan fingerprint density at radius 1 is 1.05 bits per heavy atom. The lowest BCUT2D eigenvalue weighted by atomic mass is 10.0. The summed E-state index contributed by atoms with van der Waals surface area (Å²) < 4.78 is 64.2. The Bertz CT molecular complexity index is 1630. The van der Waals surface area contributed by atoms with Gasteiger partial charge < -0.3 is 9.47 Å². The number of aromatic amines is 1. The summed E-state index contributed by atoms with van der Waals surface area (Å²) in [7, 11) is 0. The monoisotopic (exact) mass is 601 g/mol. The molecule has 2 aromatic carbocycles. The van der Waals surface area contributed by atoms with Gasteiger partial charge in [0.15, 0.2) is 11.8 Å². The highest BCUT2D eigenvalue weighted by atomic mass is 32.1. The number of benzene rings is 2. The number of hydrogen-bond acceptors (Lipinski definition) is 7. The van der Waals surface area contributed by atoms with Crippen molar-refractivity contribution in [3.8, 4) is 22.4 Å². The fourth-order valence-corrected chi connectivity index (χ4v) is 4.96. The number of nitrogens with one attached hydrogen (secondary N) is 1. The first-order valence-electron chi connectivity index (χ1n) is 12.7. The highest BCUT2D eigenvalue weighted by Gasteiger charge is 2.30. The van der Waals surface area contributed by atoms with Crippen molar-refractivity contribution in [2.75, 3.05) is 0 Å². The number of carbonyl (C=O) groups excluding carboxylic acids is 2. The van der Waals surface area contributed by atoms with Crippen LogP contribution in [0.25, 0.3) is 28.5 Å². The Balaban J connectivity index is 1.65. The molecule has 4 rings (SSSR count). The van der Waals surface area contributed by atoms with E-state index in [0.29, 0.717) is 38.0 Å². The van der Waals surface area contributed by atoms with E-state index in [-0.39, 0.29) is 5.69 Å². The molecule has 1 N–H and O–H groups in total. The summed E-state index contributed by atoms with van der Waals surface area (Å²) in [6.45, 7) is 8.40. The average molecular weight is 602 g/mol. The number of halogens is 4. The van der Waals surface area contributed by atoms with Crippen LogP contribution in [0.2, 0.25) is 0 Å². The van der Waals surface area contributed by atoms with E-state index in [2.05, 4.69) is 15.2 Å². The first-order valence-corrected chi connectivity index (χ1v) is 13.6. The molecule has 0 spiro atoms. The molecular weight excluding hydrogens is 574 g/mol. The van der Waals surface area contributed by atoms with Crippen LogP contribution in [0.3, 0.4) is 0 Å². The van der Waals surface area contributed by atoms with Gasteiger partial charge in [-0.3, -0.25) is 5.10 Å². The van der Waals surface area contributed by atoms with Crippen LogP contribution in [0.5, 0.6) is 0 Å². The zero-order valence-corrected chi connectivity index (χ0v) is 24.1. The molecule has 0 aliphatic heterocycles. The van der Waals surface area contributed by atoms with Gasteiger partial charge in [0.05, 0.1) is 21.8 Å². The molecule has 0 saturated heterocycles. The minimum Gasteiger partial charge on any atom is -0.457 e. The second kappa shape index (κ2) is 11.9. The summed E-state index contributed by atoms with van der Waals surface area (Å²) in [4.78, 5) is 30.5. The number of thiazole rings is 1. The number of aromatic nitrogens is 3. The van der Waals surface area contributed by atoms with E-state index in [1.807, 2.05) is 0 Å². The summed E-state index contributed by atoms with van der Waals surface area (Å²) in [6, 6.07) is 10.1. The standard InChI is InChI=1S/C30H27F4N3O4S/c1-16-24(19-7-6-8-21(31)15-19)26(37-36-16)28(39)40-17(2)27-35-25(18-9-11-20(12-10-18)30(32,33)34)22(42-27)13-14-23(38)41-29(3,4)5/h6-15,17H,1-5H3,(H,36,37). The van der Waals surface area contributed by atoms with Gasteiger partial charge in [0, 0.05) is 17.2 Å². The zero-order chi connectivity index (χ0) is 30.8. The number of H-pyrrole nitrogens is 1. The smallest absolute Gasteiger partial charge is 0.416 e. The van der Waals surface area contributed by atoms with Crippen LogP contribution in [0.4, 0.5) is 17.6 Å². The first kappa shape index (κ1) is 30.6. The highest BCUT2D eigenvalue weighted by molar-refractivity contribution is 7.13. The van der Waals surface area contributed by atoms with Gasteiger partial charge in [-0.2, -0.15) is 18.3 Å². The van der Waals surface area contributed by atoms with E-state index in [1.165, 1.54) is 42.5 Å². The maximum Gasteiger partial charge on any atom is 0.416 e. The van der Waals surface area contributed by atoms with Crippen LogP contribution in [0.1, 0.15) is 65.4 Å². The van der Waals surface area contributed by atoms with Gasteiger partial charge >= 0.3 is 18.1 Å². The van der Waals surface area contributed by atoms with Crippen molar-refractivity contribution in [3.63, 3.8) is 0 Å². The Labute approximate surface area is 243 Å². The van der Waals surface area contributed by atoms with Gasteiger partial charge in [-0.1, -0.05) is 24.3 Å². The minimum atomic E-state index is -4.51. The molecule has 220 valence electrons. The number of alkyl halides is 3. The molecule has 0 saturated carbocycles. The summed E-state index contributed by atoms with van der Waals surface area (Å²) >= 11 is 1.10. The highest BCUT2D eigenvalue weighted by Crippen LogP contribution is 2.36. The topological polar surface area (TPSA) is 94.2 Å². The normalized spacial score (nSPS) is 12.9. The van der Waals surface area contributed by atoms with Crippen LogP contribution in [-0.2, 0) is 20.4 Å². The third-order valence-corrected chi connectivity index (χ3v) is 7.01. The van der Waals surface area contributed by atoms with E-state index in [9.17, 15) is 27.2 Å². The van der Waals surface area contributed by atoms with E-state index < -0.39 is 41.2 Å². The van der Waals surface area contributed by atoms with Crippen molar-refractivity contribution in [1.29, 1.82) is 0 Å². The van der Waals surface area contributed by atoms with Crippen LogP contribution in [-0.4, -0.2) is 32.7 Å². The number of rotatable bonds is 7. The van der Waals surface area contributed by atoms with Gasteiger partial charge in [-0.15, -0.1) is 11.3 Å². The third-order valence-electron chi connectivity index (χ3n) is 5.83. The SMILES string of the molecule is Cc1n[nH]c(C(=O)OC(C)c2nc(-c3ccc(C(F)(F)F)cc3)c(C=CC(=O)OC(C)(C)C)s2)c1-c1cccc(F)c1. The molecule has 0 fully saturated rings. The van der Waals surface area contributed by atoms with Crippen molar-refractivity contribution < 1.29 is 36.6 Å². The van der Waals surface area contributed by atoms with E-state index >= 15 is 0 Å². The van der Waals surface area contributed by atoms with Gasteiger partial charge in [0.25, 0.3) is 0 Å². The fourth-order valence-electron chi connectivity index (χ4n) is 3.99. The molecule has 0 aliphatic carbocycles. The van der Waals surface area contributed by atoms with E-state index in [1.54, 1.807) is 40.7 Å². The molecule has 4 aromatic rings. The second-order valence-corrected chi connectivity index (χ2v) is 11.4. The maximum atomic E-state index is 13.9. The van der Waals surface area contributed by atoms with Crippen LogP contribution in [0, 0.1) is 12.7 Å². The number of aryl methyl sites for hydroxylation is 1. The lowest BCUT2D eigenvalue weighted by Gasteiger charge is -2.17. The molecule has 0 aliphatic rings. The van der Waals surface area contributed by atoms with Crippen molar-refractivity contribution in [1.82, 2.24) is 15.2 Å². The third kappa shape index (κ3) is 7.30. The Kier molecular flexibility index (Phi) is 8.67. The number of hydrogen-bond donors (Lipinski definition) is 1. The minimum absolute atomic E-state index is 0.0227. The summed E-state index contributed by atoms with van der Waals surface area (Å²) in [6.07, 6.45) is -2.75. The molecule has 0 radical (unpaired) electrons. The van der Waals surface area contributed by atoms with Crippen molar-refractivity contribution in [3.05, 3.63) is 87.3 Å². The lowest BCUT2D eigenvalue weighted by Crippen LogP contribution is -2.22. The van der Waals surface area contributed by atoms with Crippen LogP contribution < -0.4 is 0 Å². The number of carbonyl (C=O) groups is 2. The molecule has 0 amide bonds. The first-order chi connectivity index (χ1) is 19.6. The number of esters is 2. The summed E-state index contributed by atoms with van der Waals surface area (Å²) in [5.41, 5.74) is 0.428. The molecule has 12 heteroatoms. The predicted octanol–water partition coefficient (Wildman–Crippen LogP) is 7.94. The molecule has 1 atom stereocenters. The Hall–Kier alpha value is -4.32. The van der Waals surface area contributed by atoms with Crippen LogP contribution >= 0.6 is 11.3 Å². The van der Waals surface area contributed by atoms with Crippen LogP contribution in [0.15, 0.2) is 54.6 Å². The molecule has 0 bridgehead atoms. The summed E-state index contributed by atoms with van der Waals surface area (Å²) in [5.74, 6) is -1.86. The lowest BCUT2D eigenvalue weighted by molar-refractivity contribution is -0.148. The summed E-state index contributed by atoms with van der Waals surface area (Å²) in [5, 5.41) is 7.04. The second-order valence-electron chi connectivity index (χ2n) is 10.3. The molecule has 42 heavy (non-hydrogen) atoms.